The average molecular weight is 253 g/mol. The molecule has 109 valence electrons. The van der Waals surface area contributed by atoms with Crippen LogP contribution in [-0.4, -0.2) is 0 Å². The summed E-state index contributed by atoms with van der Waals surface area (Å²) in [5.74, 6) is 2.50. The lowest BCUT2D eigenvalue weighted by molar-refractivity contribution is 0.261. The molecular weight excluding hydrogens is 216 g/mol. The first kappa shape index (κ1) is 18.0. The molecule has 0 heterocycles. The number of unbranched alkanes of at least 4 members (excludes halogenated alkanes) is 7. The van der Waals surface area contributed by atoms with E-state index >= 15 is 0 Å². The fourth-order valence-electron chi connectivity index (χ4n) is 2.69. The second kappa shape index (κ2) is 12.1. The summed E-state index contributed by atoms with van der Waals surface area (Å²) in [6, 6.07) is 0. The van der Waals surface area contributed by atoms with Crippen LogP contribution in [0.15, 0.2) is 0 Å². The first-order chi connectivity index (χ1) is 8.63. The van der Waals surface area contributed by atoms with Crippen molar-refractivity contribution in [1.82, 2.24) is 0 Å². The highest BCUT2D eigenvalue weighted by molar-refractivity contribution is 4.69. The van der Waals surface area contributed by atoms with E-state index < -0.39 is 0 Å². The normalized spacial score (nSPS) is 16.5. The van der Waals surface area contributed by atoms with Gasteiger partial charge in [-0.05, 0) is 17.8 Å². The van der Waals surface area contributed by atoms with Crippen molar-refractivity contribution >= 4 is 0 Å². The summed E-state index contributed by atoms with van der Waals surface area (Å²) in [6.45, 7) is 13.5. The quantitative estimate of drug-likeness (QED) is 0.342. The predicted octanol–water partition coefficient (Wildman–Crippen LogP) is 6.65. The monoisotopic (exact) mass is 253 g/mol. The Balaban J connectivity index is 3.37. The Bertz CT molecular complexity index is 161. The molecular formula is C18H37. The van der Waals surface area contributed by atoms with Crippen LogP contribution in [0.4, 0.5) is 0 Å². The zero-order valence-electron chi connectivity index (χ0n) is 13.5. The summed E-state index contributed by atoms with van der Waals surface area (Å²) in [5.41, 5.74) is 0. The molecule has 3 atom stereocenters. The minimum Gasteiger partial charge on any atom is -0.0654 e. The second-order valence-corrected chi connectivity index (χ2v) is 6.37. The summed E-state index contributed by atoms with van der Waals surface area (Å²) >= 11 is 0. The van der Waals surface area contributed by atoms with Gasteiger partial charge in [0.1, 0.15) is 0 Å². The first-order valence-electron chi connectivity index (χ1n) is 8.42. The maximum absolute atomic E-state index is 4.03. The Morgan fingerprint density at radius 1 is 0.722 bits per heavy atom. The summed E-state index contributed by atoms with van der Waals surface area (Å²) in [6.07, 6.45) is 14.0. The topological polar surface area (TPSA) is 0 Å². The molecule has 18 heavy (non-hydrogen) atoms. The maximum atomic E-state index is 4.03. The molecule has 0 aliphatic heterocycles. The third-order valence-electron chi connectivity index (χ3n) is 4.76. The van der Waals surface area contributed by atoms with Gasteiger partial charge in [0.2, 0.25) is 0 Å². The third-order valence-corrected chi connectivity index (χ3v) is 4.76. The summed E-state index contributed by atoms with van der Waals surface area (Å²) in [5, 5.41) is 0. The molecule has 0 heteroatoms. The molecule has 0 bridgehead atoms. The Morgan fingerprint density at radius 3 is 1.72 bits per heavy atom. The van der Waals surface area contributed by atoms with Gasteiger partial charge in [0.15, 0.2) is 0 Å². The number of hydrogen-bond donors (Lipinski definition) is 0. The second-order valence-electron chi connectivity index (χ2n) is 6.37. The zero-order valence-corrected chi connectivity index (χ0v) is 13.5. The Hall–Kier alpha value is 0. The molecule has 0 nitrogen and oxygen atoms in total. The van der Waals surface area contributed by atoms with Crippen molar-refractivity contribution < 1.29 is 0 Å². The molecule has 0 aromatic carbocycles. The number of hydrogen-bond acceptors (Lipinski definition) is 0. The molecule has 0 amide bonds. The minimum absolute atomic E-state index is 0.786. The van der Waals surface area contributed by atoms with Gasteiger partial charge in [-0.25, -0.2) is 0 Å². The molecule has 0 aliphatic carbocycles. The average Bonchev–Trinajstić information content (AvgIpc) is 2.39. The van der Waals surface area contributed by atoms with E-state index in [1.54, 1.807) is 0 Å². The van der Waals surface area contributed by atoms with Gasteiger partial charge < -0.3 is 0 Å². The van der Waals surface area contributed by atoms with Crippen LogP contribution in [0, 0.1) is 24.7 Å². The van der Waals surface area contributed by atoms with Crippen molar-refractivity contribution in [2.75, 3.05) is 0 Å². The SMILES string of the molecule is [CH2]CC(C)C(C)C(C)CCCCCCCCCC. The molecule has 0 aromatic heterocycles. The molecule has 0 N–H and O–H groups in total. The van der Waals surface area contributed by atoms with Gasteiger partial charge in [-0.2, -0.15) is 0 Å². The van der Waals surface area contributed by atoms with Crippen LogP contribution in [0.25, 0.3) is 0 Å². The fourth-order valence-corrected chi connectivity index (χ4v) is 2.69. The lowest BCUT2D eigenvalue weighted by Crippen LogP contribution is -2.16. The van der Waals surface area contributed by atoms with E-state index in [4.69, 9.17) is 0 Å². The van der Waals surface area contributed by atoms with Crippen LogP contribution in [0.3, 0.4) is 0 Å². The zero-order chi connectivity index (χ0) is 13.8. The Labute approximate surface area is 117 Å². The lowest BCUT2D eigenvalue weighted by atomic mass is 9.81. The molecule has 0 spiro atoms. The maximum Gasteiger partial charge on any atom is -0.0391 e. The standard InChI is InChI=1S/C18H37/c1-6-8-9-10-11-12-13-14-15-17(4)18(5)16(3)7-2/h16-18H,2,6-15H2,1,3-5H3. The van der Waals surface area contributed by atoms with E-state index in [0.717, 1.165) is 24.2 Å². The van der Waals surface area contributed by atoms with Crippen LogP contribution >= 0.6 is 0 Å². The molecule has 3 unspecified atom stereocenters. The van der Waals surface area contributed by atoms with Crippen LogP contribution in [0.2, 0.25) is 0 Å². The van der Waals surface area contributed by atoms with Gasteiger partial charge in [-0.15, -0.1) is 0 Å². The molecule has 1 radical (unpaired) electrons. The molecule has 0 aliphatic rings. The molecule has 0 aromatic rings. The highest BCUT2D eigenvalue weighted by Crippen LogP contribution is 2.27. The van der Waals surface area contributed by atoms with E-state index in [1.807, 2.05) is 0 Å². The van der Waals surface area contributed by atoms with E-state index in [1.165, 1.54) is 57.8 Å². The van der Waals surface area contributed by atoms with Gasteiger partial charge in [-0.1, -0.05) is 98.8 Å². The predicted molar refractivity (Wildman–Crippen MR) is 84.7 cm³/mol. The van der Waals surface area contributed by atoms with Gasteiger partial charge >= 0.3 is 0 Å². The van der Waals surface area contributed by atoms with E-state index in [0.29, 0.717) is 0 Å². The van der Waals surface area contributed by atoms with Gasteiger partial charge in [0.25, 0.3) is 0 Å². The van der Waals surface area contributed by atoms with Crippen molar-refractivity contribution in [2.45, 2.75) is 91.9 Å². The van der Waals surface area contributed by atoms with Crippen LogP contribution in [0.1, 0.15) is 91.9 Å². The van der Waals surface area contributed by atoms with Crippen LogP contribution in [0.5, 0.6) is 0 Å². The largest absolute Gasteiger partial charge is 0.0654 e. The molecule has 0 saturated carbocycles. The molecule has 0 rings (SSSR count). The Morgan fingerprint density at radius 2 is 1.22 bits per heavy atom. The van der Waals surface area contributed by atoms with Crippen molar-refractivity contribution in [2.24, 2.45) is 17.8 Å². The lowest BCUT2D eigenvalue weighted by Gasteiger charge is -2.25. The van der Waals surface area contributed by atoms with Gasteiger partial charge in [0.05, 0.1) is 0 Å². The van der Waals surface area contributed by atoms with E-state index in [9.17, 15) is 0 Å². The van der Waals surface area contributed by atoms with Crippen molar-refractivity contribution in [1.29, 1.82) is 0 Å². The molecule has 0 saturated heterocycles. The highest BCUT2D eigenvalue weighted by atomic mass is 14.2. The highest BCUT2D eigenvalue weighted by Gasteiger charge is 2.16. The van der Waals surface area contributed by atoms with Crippen molar-refractivity contribution in [3.8, 4) is 0 Å². The van der Waals surface area contributed by atoms with Crippen molar-refractivity contribution in [3.63, 3.8) is 0 Å². The van der Waals surface area contributed by atoms with E-state index in [2.05, 4.69) is 34.6 Å². The number of rotatable bonds is 12. The summed E-state index contributed by atoms with van der Waals surface area (Å²) in [4.78, 5) is 0. The molecule has 0 fully saturated rings. The minimum atomic E-state index is 0.786. The van der Waals surface area contributed by atoms with E-state index in [-0.39, 0.29) is 0 Å². The fraction of sp³-hybridized carbons (Fsp3) is 0.944. The van der Waals surface area contributed by atoms with Crippen LogP contribution < -0.4 is 0 Å². The first-order valence-corrected chi connectivity index (χ1v) is 8.42. The van der Waals surface area contributed by atoms with Crippen LogP contribution in [-0.2, 0) is 0 Å². The Kier molecular flexibility index (Phi) is 12.1. The smallest absolute Gasteiger partial charge is 0.0391 e. The van der Waals surface area contributed by atoms with Crippen molar-refractivity contribution in [3.05, 3.63) is 6.92 Å². The van der Waals surface area contributed by atoms with Gasteiger partial charge in [-0.3, -0.25) is 0 Å². The summed E-state index contributed by atoms with van der Waals surface area (Å²) in [7, 11) is 0. The third kappa shape index (κ3) is 9.00. The van der Waals surface area contributed by atoms with Gasteiger partial charge in [0, 0.05) is 0 Å². The summed E-state index contributed by atoms with van der Waals surface area (Å²) < 4.78 is 0.